The number of rotatable bonds is 6. The van der Waals surface area contributed by atoms with E-state index in [1.165, 1.54) is 17.0 Å². The SMILES string of the molecule is NNC(CSc1cccc(Br)c1)Cc1ccc(F)cc1. The third kappa shape index (κ3) is 4.90. The third-order valence-corrected chi connectivity index (χ3v) is 4.53. The van der Waals surface area contributed by atoms with Gasteiger partial charge < -0.3 is 0 Å². The molecule has 2 rings (SSSR count). The van der Waals surface area contributed by atoms with E-state index in [2.05, 4.69) is 33.5 Å². The first kappa shape index (κ1) is 15.5. The average Bonchev–Trinajstić information content (AvgIpc) is 2.45. The van der Waals surface area contributed by atoms with Gasteiger partial charge in [0.2, 0.25) is 0 Å². The maximum Gasteiger partial charge on any atom is 0.123 e. The van der Waals surface area contributed by atoms with Gasteiger partial charge in [0.1, 0.15) is 5.82 Å². The predicted molar refractivity (Wildman–Crippen MR) is 86.1 cm³/mol. The van der Waals surface area contributed by atoms with Crippen LogP contribution in [0, 0.1) is 5.82 Å². The Hall–Kier alpha value is -0.880. The van der Waals surface area contributed by atoms with E-state index in [1.807, 2.05) is 12.1 Å². The Bertz CT molecular complexity index is 548. The molecule has 0 saturated heterocycles. The monoisotopic (exact) mass is 354 g/mol. The molecule has 20 heavy (non-hydrogen) atoms. The van der Waals surface area contributed by atoms with E-state index in [9.17, 15) is 4.39 Å². The van der Waals surface area contributed by atoms with Gasteiger partial charge in [-0.3, -0.25) is 11.3 Å². The van der Waals surface area contributed by atoms with Crippen molar-refractivity contribution in [3.05, 3.63) is 64.4 Å². The topological polar surface area (TPSA) is 38.0 Å². The standard InChI is InChI=1S/C15H16BrFN2S/c16-12-2-1-3-15(9-12)20-10-14(19-18)8-11-4-6-13(17)7-5-11/h1-7,9,14,19H,8,10,18H2. The van der Waals surface area contributed by atoms with E-state index >= 15 is 0 Å². The van der Waals surface area contributed by atoms with Gasteiger partial charge in [-0.25, -0.2) is 4.39 Å². The molecule has 1 atom stereocenters. The van der Waals surface area contributed by atoms with Gasteiger partial charge in [-0.1, -0.05) is 34.1 Å². The number of benzene rings is 2. The van der Waals surface area contributed by atoms with Gasteiger partial charge in [0.25, 0.3) is 0 Å². The predicted octanol–water partition coefficient (Wildman–Crippen LogP) is 3.75. The minimum atomic E-state index is -0.213. The van der Waals surface area contributed by atoms with Crippen LogP contribution in [0.3, 0.4) is 0 Å². The number of nitrogens with two attached hydrogens (primary N) is 1. The van der Waals surface area contributed by atoms with E-state index in [0.29, 0.717) is 0 Å². The van der Waals surface area contributed by atoms with Crippen LogP contribution < -0.4 is 11.3 Å². The molecule has 5 heteroatoms. The van der Waals surface area contributed by atoms with E-state index in [1.54, 1.807) is 23.9 Å². The highest BCUT2D eigenvalue weighted by Crippen LogP contribution is 2.23. The largest absolute Gasteiger partial charge is 0.271 e. The highest BCUT2D eigenvalue weighted by Gasteiger charge is 2.09. The third-order valence-electron chi connectivity index (χ3n) is 2.88. The summed E-state index contributed by atoms with van der Waals surface area (Å²) in [5.41, 5.74) is 3.90. The molecule has 0 aromatic heterocycles. The Morgan fingerprint density at radius 1 is 1.20 bits per heavy atom. The quantitative estimate of drug-likeness (QED) is 0.471. The lowest BCUT2D eigenvalue weighted by molar-refractivity contribution is 0.573. The highest BCUT2D eigenvalue weighted by atomic mass is 79.9. The molecular weight excluding hydrogens is 339 g/mol. The number of thioether (sulfide) groups is 1. The number of hydrazine groups is 1. The van der Waals surface area contributed by atoms with Crippen LogP contribution in [0.4, 0.5) is 4.39 Å². The lowest BCUT2D eigenvalue weighted by Crippen LogP contribution is -2.38. The minimum absolute atomic E-state index is 0.143. The minimum Gasteiger partial charge on any atom is -0.271 e. The van der Waals surface area contributed by atoms with E-state index in [4.69, 9.17) is 5.84 Å². The van der Waals surface area contributed by atoms with Crippen molar-refractivity contribution in [1.82, 2.24) is 5.43 Å². The Labute approximate surface area is 131 Å². The second kappa shape index (κ2) is 7.78. The molecule has 0 saturated carbocycles. The van der Waals surface area contributed by atoms with Gasteiger partial charge in [-0.05, 0) is 42.3 Å². The van der Waals surface area contributed by atoms with Crippen molar-refractivity contribution in [1.29, 1.82) is 0 Å². The summed E-state index contributed by atoms with van der Waals surface area (Å²) >= 11 is 5.20. The molecule has 0 aliphatic heterocycles. The Balaban J connectivity index is 1.90. The Morgan fingerprint density at radius 3 is 2.60 bits per heavy atom. The summed E-state index contributed by atoms with van der Waals surface area (Å²) in [5, 5.41) is 0. The molecule has 2 aromatic rings. The fourth-order valence-electron chi connectivity index (χ4n) is 1.82. The van der Waals surface area contributed by atoms with Crippen LogP contribution in [-0.2, 0) is 6.42 Å². The van der Waals surface area contributed by atoms with Gasteiger partial charge in [0.05, 0.1) is 0 Å². The summed E-state index contributed by atoms with van der Waals surface area (Å²) in [6.07, 6.45) is 0.776. The van der Waals surface area contributed by atoms with Crippen LogP contribution in [0.1, 0.15) is 5.56 Å². The Kier molecular flexibility index (Phi) is 6.04. The van der Waals surface area contributed by atoms with Crippen molar-refractivity contribution in [2.45, 2.75) is 17.4 Å². The van der Waals surface area contributed by atoms with Crippen LogP contribution in [-0.4, -0.2) is 11.8 Å². The number of hydrogen-bond acceptors (Lipinski definition) is 3. The summed E-state index contributed by atoms with van der Waals surface area (Å²) in [6, 6.07) is 14.8. The highest BCUT2D eigenvalue weighted by molar-refractivity contribution is 9.10. The van der Waals surface area contributed by atoms with Crippen molar-refractivity contribution < 1.29 is 4.39 Å². The maximum atomic E-state index is 12.9. The van der Waals surface area contributed by atoms with Crippen LogP contribution in [0.5, 0.6) is 0 Å². The molecule has 2 aromatic carbocycles. The molecular formula is C15H16BrFN2S. The van der Waals surface area contributed by atoms with Gasteiger partial charge in [-0.15, -0.1) is 11.8 Å². The molecule has 0 spiro atoms. The normalized spacial score (nSPS) is 12.3. The van der Waals surface area contributed by atoms with E-state index in [0.717, 1.165) is 22.2 Å². The first-order valence-electron chi connectivity index (χ1n) is 6.26. The number of nitrogens with one attached hydrogen (secondary N) is 1. The zero-order valence-corrected chi connectivity index (χ0v) is 13.3. The molecule has 0 amide bonds. The second-order valence-electron chi connectivity index (χ2n) is 4.46. The van der Waals surface area contributed by atoms with Crippen LogP contribution in [0.15, 0.2) is 57.9 Å². The first-order valence-corrected chi connectivity index (χ1v) is 8.04. The van der Waals surface area contributed by atoms with E-state index < -0.39 is 0 Å². The summed E-state index contributed by atoms with van der Waals surface area (Å²) in [5.74, 6) is 6.24. The zero-order chi connectivity index (χ0) is 14.4. The molecule has 2 nitrogen and oxygen atoms in total. The smallest absolute Gasteiger partial charge is 0.123 e. The van der Waals surface area contributed by atoms with Crippen LogP contribution >= 0.6 is 27.7 Å². The lowest BCUT2D eigenvalue weighted by atomic mass is 10.1. The maximum absolute atomic E-state index is 12.9. The molecule has 106 valence electrons. The van der Waals surface area contributed by atoms with E-state index in [-0.39, 0.29) is 11.9 Å². The number of hydrogen-bond donors (Lipinski definition) is 2. The van der Waals surface area contributed by atoms with Crippen molar-refractivity contribution in [2.24, 2.45) is 5.84 Å². The fraction of sp³-hybridized carbons (Fsp3) is 0.200. The second-order valence-corrected chi connectivity index (χ2v) is 6.47. The van der Waals surface area contributed by atoms with Crippen molar-refractivity contribution in [3.8, 4) is 0 Å². The number of halogens is 2. The fourth-order valence-corrected chi connectivity index (χ4v) is 3.37. The summed E-state index contributed by atoms with van der Waals surface area (Å²) in [4.78, 5) is 1.19. The van der Waals surface area contributed by atoms with Crippen LogP contribution in [0.2, 0.25) is 0 Å². The summed E-state index contributed by atoms with van der Waals surface area (Å²) < 4.78 is 13.9. The van der Waals surface area contributed by atoms with Gasteiger partial charge in [0.15, 0.2) is 0 Å². The molecule has 0 bridgehead atoms. The zero-order valence-electron chi connectivity index (χ0n) is 10.9. The van der Waals surface area contributed by atoms with Crippen molar-refractivity contribution >= 4 is 27.7 Å². The lowest BCUT2D eigenvalue weighted by Gasteiger charge is -2.15. The van der Waals surface area contributed by atoms with Crippen molar-refractivity contribution in [2.75, 3.05) is 5.75 Å². The van der Waals surface area contributed by atoms with Gasteiger partial charge >= 0.3 is 0 Å². The molecule has 0 radical (unpaired) electrons. The van der Waals surface area contributed by atoms with Crippen molar-refractivity contribution in [3.63, 3.8) is 0 Å². The van der Waals surface area contributed by atoms with Gasteiger partial charge in [-0.2, -0.15) is 0 Å². The average molecular weight is 355 g/mol. The molecule has 0 aliphatic rings. The van der Waals surface area contributed by atoms with Crippen LogP contribution in [0.25, 0.3) is 0 Å². The molecule has 0 heterocycles. The summed E-state index contributed by atoms with van der Waals surface area (Å²) in [6.45, 7) is 0. The summed E-state index contributed by atoms with van der Waals surface area (Å²) in [7, 11) is 0. The van der Waals surface area contributed by atoms with Gasteiger partial charge in [0, 0.05) is 21.2 Å². The molecule has 0 fully saturated rings. The first-order chi connectivity index (χ1) is 9.67. The Morgan fingerprint density at radius 2 is 1.95 bits per heavy atom. The molecule has 0 aliphatic carbocycles. The molecule has 1 unspecified atom stereocenters. The molecule has 3 N–H and O–H groups in total.